The van der Waals surface area contributed by atoms with Gasteiger partial charge in [0.15, 0.2) is 0 Å². The molecule has 0 aromatic heterocycles. The van der Waals surface area contributed by atoms with Gasteiger partial charge in [0.25, 0.3) is 0 Å². The van der Waals surface area contributed by atoms with Gasteiger partial charge in [-0.3, -0.25) is 0 Å². The van der Waals surface area contributed by atoms with Crippen LogP contribution in [0.1, 0.15) is 57.9 Å². The Labute approximate surface area is 118 Å². The molecule has 1 aromatic rings. The fraction of sp³-hybridized carbons (Fsp3) is 0.667. The van der Waals surface area contributed by atoms with Gasteiger partial charge in [0.2, 0.25) is 0 Å². The molecule has 2 rings (SSSR count). The van der Waals surface area contributed by atoms with Gasteiger partial charge >= 0.3 is 0 Å². The summed E-state index contributed by atoms with van der Waals surface area (Å²) in [4.78, 5) is 0. The molecule has 0 spiro atoms. The number of nitrogens with one attached hydrogen (secondary N) is 1. The summed E-state index contributed by atoms with van der Waals surface area (Å²) in [6.45, 7) is 8.09. The Morgan fingerprint density at radius 2 is 1.89 bits per heavy atom. The van der Waals surface area contributed by atoms with Crippen molar-refractivity contribution in [2.24, 2.45) is 11.8 Å². The topological polar surface area (TPSA) is 12.0 Å². The fourth-order valence-corrected chi connectivity index (χ4v) is 3.05. The SMILES string of the molecule is CCCNC(CCC(C)C)C1CC1c1ccccc1. The van der Waals surface area contributed by atoms with Crippen molar-refractivity contribution in [3.8, 4) is 0 Å². The third-order valence-electron chi connectivity index (χ3n) is 4.30. The van der Waals surface area contributed by atoms with E-state index in [9.17, 15) is 0 Å². The highest BCUT2D eigenvalue weighted by atomic mass is 14.9. The van der Waals surface area contributed by atoms with Crippen molar-refractivity contribution < 1.29 is 0 Å². The third-order valence-corrected chi connectivity index (χ3v) is 4.30. The lowest BCUT2D eigenvalue weighted by Gasteiger charge is -2.20. The molecule has 19 heavy (non-hydrogen) atoms. The average Bonchev–Trinajstić information content (AvgIpc) is 3.20. The summed E-state index contributed by atoms with van der Waals surface area (Å²) in [6.07, 6.45) is 5.30. The average molecular weight is 259 g/mol. The van der Waals surface area contributed by atoms with Gasteiger partial charge in [-0.1, -0.05) is 51.1 Å². The van der Waals surface area contributed by atoms with Crippen molar-refractivity contribution in [1.82, 2.24) is 5.32 Å². The van der Waals surface area contributed by atoms with E-state index in [0.29, 0.717) is 0 Å². The van der Waals surface area contributed by atoms with E-state index >= 15 is 0 Å². The van der Waals surface area contributed by atoms with Crippen molar-refractivity contribution in [1.29, 1.82) is 0 Å². The highest BCUT2D eigenvalue weighted by molar-refractivity contribution is 5.26. The van der Waals surface area contributed by atoms with Crippen LogP contribution in [0.25, 0.3) is 0 Å². The van der Waals surface area contributed by atoms with Crippen LogP contribution in [0.15, 0.2) is 30.3 Å². The Bertz CT molecular complexity index is 357. The van der Waals surface area contributed by atoms with E-state index in [1.54, 1.807) is 5.56 Å². The second kappa shape index (κ2) is 7.09. The van der Waals surface area contributed by atoms with Crippen LogP contribution >= 0.6 is 0 Å². The maximum Gasteiger partial charge on any atom is 0.0101 e. The zero-order chi connectivity index (χ0) is 13.7. The van der Waals surface area contributed by atoms with Crippen molar-refractivity contribution in [2.45, 2.75) is 58.4 Å². The first-order chi connectivity index (χ1) is 9.22. The monoisotopic (exact) mass is 259 g/mol. The smallest absolute Gasteiger partial charge is 0.0101 e. The molecule has 3 atom stereocenters. The van der Waals surface area contributed by atoms with E-state index in [2.05, 4.69) is 56.4 Å². The van der Waals surface area contributed by atoms with E-state index in [1.165, 1.54) is 32.2 Å². The lowest BCUT2D eigenvalue weighted by atomic mass is 9.97. The number of benzene rings is 1. The molecule has 1 aliphatic rings. The quantitative estimate of drug-likeness (QED) is 0.719. The Morgan fingerprint density at radius 1 is 1.16 bits per heavy atom. The molecular formula is C18H29N. The van der Waals surface area contributed by atoms with Crippen LogP contribution in [0.5, 0.6) is 0 Å². The Kier molecular flexibility index (Phi) is 5.45. The van der Waals surface area contributed by atoms with Crippen molar-refractivity contribution in [3.63, 3.8) is 0 Å². The van der Waals surface area contributed by atoms with Crippen LogP contribution in [0.4, 0.5) is 0 Å². The summed E-state index contributed by atoms with van der Waals surface area (Å²) < 4.78 is 0. The molecule has 0 radical (unpaired) electrons. The van der Waals surface area contributed by atoms with E-state index in [4.69, 9.17) is 0 Å². The summed E-state index contributed by atoms with van der Waals surface area (Å²) >= 11 is 0. The van der Waals surface area contributed by atoms with Gasteiger partial charge in [0.05, 0.1) is 0 Å². The molecule has 1 N–H and O–H groups in total. The molecule has 1 aliphatic carbocycles. The van der Waals surface area contributed by atoms with Crippen LogP contribution in [-0.2, 0) is 0 Å². The molecule has 0 saturated heterocycles. The zero-order valence-electron chi connectivity index (χ0n) is 12.7. The van der Waals surface area contributed by atoms with Crippen molar-refractivity contribution in [3.05, 3.63) is 35.9 Å². The minimum Gasteiger partial charge on any atom is -0.314 e. The first-order valence-corrected chi connectivity index (χ1v) is 8.00. The highest BCUT2D eigenvalue weighted by Gasteiger charge is 2.43. The Morgan fingerprint density at radius 3 is 2.53 bits per heavy atom. The maximum atomic E-state index is 3.79. The molecule has 3 unspecified atom stereocenters. The second-order valence-corrected chi connectivity index (χ2v) is 6.45. The summed E-state index contributed by atoms with van der Waals surface area (Å²) in [5.41, 5.74) is 1.54. The van der Waals surface area contributed by atoms with E-state index in [-0.39, 0.29) is 0 Å². The molecule has 1 aromatic carbocycles. The van der Waals surface area contributed by atoms with Gasteiger partial charge in [-0.15, -0.1) is 0 Å². The first kappa shape index (κ1) is 14.6. The molecule has 0 amide bonds. The first-order valence-electron chi connectivity index (χ1n) is 8.00. The normalized spacial score (nSPS) is 23.6. The van der Waals surface area contributed by atoms with E-state index < -0.39 is 0 Å². The van der Waals surface area contributed by atoms with Crippen molar-refractivity contribution >= 4 is 0 Å². The molecule has 0 heterocycles. The van der Waals surface area contributed by atoms with E-state index in [0.717, 1.165) is 23.8 Å². The predicted octanol–water partition coefficient (Wildman–Crippen LogP) is 4.59. The largest absolute Gasteiger partial charge is 0.314 e. The molecule has 0 bridgehead atoms. The summed E-state index contributed by atoms with van der Waals surface area (Å²) in [6, 6.07) is 11.8. The number of hydrogen-bond donors (Lipinski definition) is 1. The summed E-state index contributed by atoms with van der Waals surface area (Å²) in [7, 11) is 0. The molecule has 106 valence electrons. The molecule has 1 nitrogen and oxygen atoms in total. The van der Waals surface area contributed by atoms with E-state index in [1.807, 2.05) is 0 Å². The van der Waals surface area contributed by atoms with Gasteiger partial charge in [0.1, 0.15) is 0 Å². The van der Waals surface area contributed by atoms with Crippen molar-refractivity contribution in [2.75, 3.05) is 6.54 Å². The van der Waals surface area contributed by atoms with Crippen LogP contribution in [0.2, 0.25) is 0 Å². The highest BCUT2D eigenvalue weighted by Crippen LogP contribution is 2.50. The lowest BCUT2D eigenvalue weighted by Crippen LogP contribution is -2.32. The van der Waals surface area contributed by atoms with Gasteiger partial charge < -0.3 is 5.32 Å². The lowest BCUT2D eigenvalue weighted by molar-refractivity contribution is 0.391. The summed E-state index contributed by atoms with van der Waals surface area (Å²) in [5.74, 6) is 2.50. The molecule has 1 fully saturated rings. The predicted molar refractivity (Wildman–Crippen MR) is 83.4 cm³/mol. The Balaban J connectivity index is 1.89. The molecular weight excluding hydrogens is 230 g/mol. The molecule has 1 saturated carbocycles. The summed E-state index contributed by atoms with van der Waals surface area (Å²) in [5, 5.41) is 3.79. The zero-order valence-corrected chi connectivity index (χ0v) is 12.7. The minimum absolute atomic E-state index is 0.729. The van der Waals surface area contributed by atoms with Gasteiger partial charge in [0, 0.05) is 6.04 Å². The molecule has 0 aliphatic heterocycles. The van der Waals surface area contributed by atoms with Crippen LogP contribution in [-0.4, -0.2) is 12.6 Å². The number of hydrogen-bond acceptors (Lipinski definition) is 1. The standard InChI is InChI=1S/C18H29N/c1-4-12-19-18(11-10-14(2)3)17-13-16(17)15-8-6-5-7-9-15/h5-9,14,16-19H,4,10-13H2,1-3H3. The van der Waals surface area contributed by atoms with Crippen LogP contribution in [0, 0.1) is 11.8 Å². The van der Waals surface area contributed by atoms with Gasteiger partial charge in [-0.05, 0) is 55.5 Å². The van der Waals surface area contributed by atoms with Crippen LogP contribution < -0.4 is 5.32 Å². The maximum absolute atomic E-state index is 3.79. The fourth-order valence-electron chi connectivity index (χ4n) is 3.05. The second-order valence-electron chi connectivity index (χ2n) is 6.45. The Hall–Kier alpha value is -0.820. The molecule has 1 heteroatoms. The minimum atomic E-state index is 0.729. The van der Waals surface area contributed by atoms with Gasteiger partial charge in [-0.25, -0.2) is 0 Å². The van der Waals surface area contributed by atoms with Crippen LogP contribution in [0.3, 0.4) is 0 Å². The third kappa shape index (κ3) is 4.35. The number of rotatable bonds is 8. The van der Waals surface area contributed by atoms with Gasteiger partial charge in [-0.2, -0.15) is 0 Å².